The third kappa shape index (κ3) is 3.35. The van der Waals surface area contributed by atoms with E-state index in [1.807, 2.05) is 0 Å². The quantitative estimate of drug-likeness (QED) is 0.612. The van der Waals surface area contributed by atoms with Crippen molar-refractivity contribution in [1.82, 2.24) is 0 Å². The first kappa shape index (κ1) is 13.1. The van der Waals surface area contributed by atoms with Crippen molar-refractivity contribution < 1.29 is 0 Å². The summed E-state index contributed by atoms with van der Waals surface area (Å²) < 4.78 is 0. The third-order valence-corrected chi connectivity index (χ3v) is 4.31. The lowest BCUT2D eigenvalue weighted by molar-refractivity contribution is 0.412. The first-order valence-corrected chi connectivity index (χ1v) is 7.12. The van der Waals surface area contributed by atoms with Crippen molar-refractivity contribution in [2.24, 2.45) is 17.8 Å². The fourth-order valence-corrected chi connectivity index (χ4v) is 3.23. The van der Waals surface area contributed by atoms with Crippen molar-refractivity contribution in [3.05, 3.63) is 61.2 Å². The molecule has 1 aliphatic rings. The number of hydrogen-bond acceptors (Lipinski definition) is 0. The van der Waals surface area contributed by atoms with Crippen LogP contribution in [0.2, 0.25) is 0 Å². The van der Waals surface area contributed by atoms with Crippen molar-refractivity contribution >= 4 is 0 Å². The monoisotopic (exact) mass is 240 g/mol. The molecule has 0 aromatic heterocycles. The first-order chi connectivity index (χ1) is 8.83. The van der Waals surface area contributed by atoms with Crippen LogP contribution in [0.4, 0.5) is 0 Å². The van der Waals surface area contributed by atoms with Crippen molar-refractivity contribution in [3.63, 3.8) is 0 Å². The van der Waals surface area contributed by atoms with Gasteiger partial charge in [0.15, 0.2) is 0 Å². The summed E-state index contributed by atoms with van der Waals surface area (Å²) in [5, 5.41) is 0. The predicted molar refractivity (Wildman–Crippen MR) is 79.5 cm³/mol. The van der Waals surface area contributed by atoms with Gasteiger partial charge in [-0.25, -0.2) is 0 Å². The Balaban J connectivity index is 1.79. The third-order valence-electron chi connectivity index (χ3n) is 4.31. The van der Waals surface area contributed by atoms with E-state index in [0.717, 1.165) is 11.8 Å². The average molecular weight is 240 g/mol. The zero-order chi connectivity index (χ0) is 12.8. The molecule has 0 saturated heterocycles. The molecule has 0 spiro atoms. The van der Waals surface area contributed by atoms with E-state index in [0.29, 0.717) is 5.92 Å². The van der Waals surface area contributed by atoms with E-state index in [2.05, 4.69) is 55.6 Å². The van der Waals surface area contributed by atoms with Gasteiger partial charge in [-0.05, 0) is 55.4 Å². The van der Waals surface area contributed by atoms with E-state index >= 15 is 0 Å². The normalized spacial score (nSPS) is 27.0. The van der Waals surface area contributed by atoms with Crippen molar-refractivity contribution in [1.29, 1.82) is 0 Å². The van der Waals surface area contributed by atoms with Gasteiger partial charge < -0.3 is 0 Å². The summed E-state index contributed by atoms with van der Waals surface area (Å²) in [6, 6.07) is 10.8. The van der Waals surface area contributed by atoms with Crippen LogP contribution in [0.15, 0.2) is 55.6 Å². The van der Waals surface area contributed by atoms with E-state index in [1.165, 1.54) is 37.7 Å². The van der Waals surface area contributed by atoms with Gasteiger partial charge in [-0.15, -0.1) is 13.2 Å². The van der Waals surface area contributed by atoms with Crippen LogP contribution < -0.4 is 0 Å². The van der Waals surface area contributed by atoms with E-state index in [-0.39, 0.29) is 0 Å². The first-order valence-electron chi connectivity index (χ1n) is 7.12. The van der Waals surface area contributed by atoms with E-state index in [1.54, 1.807) is 0 Å². The molecule has 2 rings (SSSR count). The number of benzene rings is 1. The van der Waals surface area contributed by atoms with Crippen LogP contribution in [0.3, 0.4) is 0 Å². The molecule has 1 aromatic carbocycles. The minimum absolute atomic E-state index is 0.712. The summed E-state index contributed by atoms with van der Waals surface area (Å²) in [5.41, 5.74) is 1.46. The summed E-state index contributed by atoms with van der Waals surface area (Å²) in [7, 11) is 0. The van der Waals surface area contributed by atoms with Crippen LogP contribution in [0.1, 0.15) is 31.2 Å². The van der Waals surface area contributed by atoms with Gasteiger partial charge in [0.1, 0.15) is 0 Å². The second-order valence-corrected chi connectivity index (χ2v) is 5.50. The van der Waals surface area contributed by atoms with Crippen LogP contribution in [-0.4, -0.2) is 0 Å². The van der Waals surface area contributed by atoms with Gasteiger partial charge in [0.05, 0.1) is 0 Å². The Kier molecular flexibility index (Phi) is 4.81. The average Bonchev–Trinajstić information content (AvgIpc) is 2.82. The largest absolute Gasteiger partial charge is 0.103 e. The zero-order valence-corrected chi connectivity index (χ0v) is 11.2. The maximum atomic E-state index is 3.99. The number of aryl methyl sites for hydroxylation is 1. The van der Waals surface area contributed by atoms with Crippen molar-refractivity contribution in [2.45, 2.75) is 32.1 Å². The Bertz CT molecular complexity index is 376. The predicted octanol–water partition coefficient (Wildman–Crippen LogP) is 5.02. The van der Waals surface area contributed by atoms with Gasteiger partial charge in [-0.2, -0.15) is 0 Å². The molecule has 3 atom stereocenters. The zero-order valence-electron chi connectivity index (χ0n) is 11.2. The molecule has 0 aliphatic heterocycles. The van der Waals surface area contributed by atoms with Crippen LogP contribution >= 0.6 is 0 Å². The molecule has 1 saturated carbocycles. The molecule has 0 heteroatoms. The highest BCUT2D eigenvalue weighted by molar-refractivity contribution is 5.14. The SMILES string of the molecule is C=CC1CC(C=C)C(CCCc2ccccc2)C1. The standard InChI is InChI=1S/C18H24/c1-3-15-13-17(4-2)18(14-15)12-8-11-16-9-6-5-7-10-16/h3-7,9-10,15,17-18H,1-2,8,11-14H2. The fourth-order valence-electron chi connectivity index (χ4n) is 3.23. The van der Waals surface area contributed by atoms with Crippen LogP contribution in [0.5, 0.6) is 0 Å². The molecule has 0 bridgehead atoms. The Morgan fingerprint density at radius 2 is 1.83 bits per heavy atom. The Labute approximate surface area is 111 Å². The van der Waals surface area contributed by atoms with E-state index < -0.39 is 0 Å². The number of allylic oxidation sites excluding steroid dienone is 2. The highest BCUT2D eigenvalue weighted by Crippen LogP contribution is 2.40. The Morgan fingerprint density at radius 3 is 2.50 bits per heavy atom. The fraction of sp³-hybridized carbons (Fsp3) is 0.444. The summed E-state index contributed by atoms with van der Waals surface area (Å²) in [5.74, 6) is 2.26. The summed E-state index contributed by atoms with van der Waals surface area (Å²) >= 11 is 0. The number of rotatable bonds is 6. The van der Waals surface area contributed by atoms with Gasteiger partial charge in [-0.1, -0.05) is 42.5 Å². The minimum Gasteiger partial charge on any atom is -0.103 e. The Morgan fingerprint density at radius 1 is 1.06 bits per heavy atom. The molecule has 0 nitrogen and oxygen atoms in total. The van der Waals surface area contributed by atoms with Gasteiger partial charge in [-0.3, -0.25) is 0 Å². The molecule has 0 radical (unpaired) electrons. The molecule has 1 fully saturated rings. The second-order valence-electron chi connectivity index (χ2n) is 5.50. The molecule has 1 aromatic rings. The second kappa shape index (κ2) is 6.58. The molecule has 0 amide bonds. The van der Waals surface area contributed by atoms with E-state index in [9.17, 15) is 0 Å². The minimum atomic E-state index is 0.712. The molecule has 0 heterocycles. The van der Waals surface area contributed by atoms with Crippen molar-refractivity contribution in [2.75, 3.05) is 0 Å². The van der Waals surface area contributed by atoms with E-state index in [4.69, 9.17) is 0 Å². The topological polar surface area (TPSA) is 0 Å². The smallest absolute Gasteiger partial charge is 0.0202 e. The molecule has 1 aliphatic carbocycles. The summed E-state index contributed by atoms with van der Waals surface area (Å²) in [6.45, 7) is 7.93. The lowest BCUT2D eigenvalue weighted by Gasteiger charge is -2.15. The van der Waals surface area contributed by atoms with Crippen LogP contribution in [0, 0.1) is 17.8 Å². The molecule has 96 valence electrons. The molecular formula is C18H24. The highest BCUT2D eigenvalue weighted by atomic mass is 14.3. The van der Waals surface area contributed by atoms with Crippen molar-refractivity contribution in [3.8, 4) is 0 Å². The van der Waals surface area contributed by atoms with Gasteiger partial charge in [0, 0.05) is 0 Å². The molecular weight excluding hydrogens is 216 g/mol. The van der Waals surface area contributed by atoms with Gasteiger partial charge in [0.2, 0.25) is 0 Å². The lowest BCUT2D eigenvalue weighted by Crippen LogP contribution is -2.05. The molecule has 3 unspecified atom stereocenters. The molecule has 18 heavy (non-hydrogen) atoms. The number of hydrogen-bond donors (Lipinski definition) is 0. The summed E-state index contributed by atoms with van der Waals surface area (Å²) in [4.78, 5) is 0. The highest BCUT2D eigenvalue weighted by Gasteiger charge is 2.29. The summed E-state index contributed by atoms with van der Waals surface area (Å²) in [6.07, 6.45) is 10.7. The van der Waals surface area contributed by atoms with Crippen LogP contribution in [-0.2, 0) is 6.42 Å². The lowest BCUT2D eigenvalue weighted by atomic mass is 9.90. The van der Waals surface area contributed by atoms with Gasteiger partial charge in [0.25, 0.3) is 0 Å². The Hall–Kier alpha value is -1.30. The maximum Gasteiger partial charge on any atom is -0.0202 e. The molecule has 0 N–H and O–H groups in total. The van der Waals surface area contributed by atoms with Crippen LogP contribution in [0.25, 0.3) is 0 Å². The van der Waals surface area contributed by atoms with Gasteiger partial charge >= 0.3 is 0 Å². The maximum absolute atomic E-state index is 3.99.